The normalized spacial score (nSPS) is 11.2. The number of halogens is 2. The molecule has 102 valence electrons. The summed E-state index contributed by atoms with van der Waals surface area (Å²) >= 11 is 5.81. The molecule has 0 saturated heterocycles. The topological polar surface area (TPSA) is 69.6 Å². The molecular weight excluding hydrogens is 281 g/mol. The third-order valence-corrected chi connectivity index (χ3v) is 3.26. The highest BCUT2D eigenvalue weighted by Gasteiger charge is 2.12. The van der Waals surface area contributed by atoms with Crippen LogP contribution in [0.3, 0.4) is 0 Å². The molecular formula is C13H11ClFN5. The van der Waals surface area contributed by atoms with Crippen LogP contribution in [0.1, 0.15) is 11.5 Å². The molecule has 0 bridgehead atoms. The van der Waals surface area contributed by atoms with Crippen LogP contribution < -0.4 is 5.73 Å². The van der Waals surface area contributed by atoms with Crippen LogP contribution in [0.5, 0.6) is 0 Å². The first-order valence-electron chi connectivity index (χ1n) is 5.94. The molecule has 0 unspecified atom stereocenters. The van der Waals surface area contributed by atoms with Crippen molar-refractivity contribution < 1.29 is 4.39 Å². The summed E-state index contributed by atoms with van der Waals surface area (Å²) in [5.41, 5.74) is 7.82. The van der Waals surface area contributed by atoms with Crippen molar-refractivity contribution >= 4 is 28.6 Å². The van der Waals surface area contributed by atoms with E-state index in [0.717, 1.165) is 5.69 Å². The zero-order valence-electron chi connectivity index (χ0n) is 10.6. The van der Waals surface area contributed by atoms with Crippen LogP contribution in [0.15, 0.2) is 24.4 Å². The lowest BCUT2D eigenvalue weighted by Crippen LogP contribution is -2.07. The summed E-state index contributed by atoms with van der Waals surface area (Å²) in [6.45, 7) is 2.23. The van der Waals surface area contributed by atoms with Crippen LogP contribution in [0.25, 0.3) is 11.0 Å². The molecule has 2 N–H and O–H groups in total. The van der Waals surface area contributed by atoms with Gasteiger partial charge in [-0.2, -0.15) is 0 Å². The van der Waals surface area contributed by atoms with E-state index in [1.165, 1.54) is 12.1 Å². The van der Waals surface area contributed by atoms with Gasteiger partial charge in [-0.05, 0) is 19.1 Å². The van der Waals surface area contributed by atoms with Gasteiger partial charge in [0.1, 0.15) is 11.6 Å². The minimum absolute atomic E-state index is 0.0394. The van der Waals surface area contributed by atoms with E-state index in [1.807, 2.05) is 6.92 Å². The van der Waals surface area contributed by atoms with Gasteiger partial charge in [0.25, 0.3) is 0 Å². The Labute approximate surface area is 119 Å². The molecule has 5 nitrogen and oxygen atoms in total. The quantitative estimate of drug-likeness (QED) is 0.788. The van der Waals surface area contributed by atoms with E-state index in [-0.39, 0.29) is 11.0 Å². The molecule has 2 aromatic heterocycles. The predicted octanol–water partition coefficient (Wildman–Crippen LogP) is 2.56. The van der Waals surface area contributed by atoms with Crippen LogP contribution in [0.2, 0.25) is 5.02 Å². The van der Waals surface area contributed by atoms with E-state index in [2.05, 4.69) is 15.0 Å². The number of fused-ring (bicyclic) bond motifs is 1. The Hall–Kier alpha value is -2.21. The number of benzene rings is 1. The third-order valence-electron chi connectivity index (χ3n) is 2.97. The molecule has 0 aliphatic heterocycles. The van der Waals surface area contributed by atoms with Gasteiger partial charge in [-0.1, -0.05) is 11.6 Å². The van der Waals surface area contributed by atoms with E-state index in [4.69, 9.17) is 17.3 Å². The molecule has 3 aromatic rings. The van der Waals surface area contributed by atoms with E-state index in [9.17, 15) is 4.39 Å². The zero-order chi connectivity index (χ0) is 14.3. The third kappa shape index (κ3) is 2.18. The van der Waals surface area contributed by atoms with Gasteiger partial charge in [-0.3, -0.25) is 0 Å². The summed E-state index contributed by atoms with van der Waals surface area (Å²) in [5, 5.41) is 0.0394. The minimum atomic E-state index is -0.512. The Morgan fingerprint density at radius 3 is 2.90 bits per heavy atom. The Balaban J connectivity index is 2.11. The molecule has 0 fully saturated rings. The maximum Gasteiger partial charge on any atom is 0.201 e. The lowest BCUT2D eigenvalue weighted by molar-refractivity contribution is 0.629. The molecule has 0 aliphatic rings. The Morgan fingerprint density at radius 2 is 2.15 bits per heavy atom. The summed E-state index contributed by atoms with van der Waals surface area (Å²) in [6, 6.07) is 4.59. The highest BCUT2D eigenvalue weighted by molar-refractivity contribution is 6.31. The van der Waals surface area contributed by atoms with Crippen molar-refractivity contribution in [1.82, 2.24) is 19.5 Å². The summed E-state index contributed by atoms with van der Waals surface area (Å²) in [4.78, 5) is 12.5. The van der Waals surface area contributed by atoms with Crippen LogP contribution in [0, 0.1) is 12.7 Å². The second kappa shape index (κ2) is 4.72. The molecule has 0 radical (unpaired) electrons. The number of hydrogen-bond acceptors (Lipinski definition) is 4. The molecule has 0 atom stereocenters. The predicted molar refractivity (Wildman–Crippen MR) is 75.0 cm³/mol. The summed E-state index contributed by atoms with van der Waals surface area (Å²) in [7, 11) is 0. The molecule has 0 aliphatic carbocycles. The van der Waals surface area contributed by atoms with Gasteiger partial charge in [0.2, 0.25) is 5.95 Å². The number of nitrogens with zero attached hydrogens (tertiary/aromatic N) is 4. The number of aryl methyl sites for hydroxylation is 1. The van der Waals surface area contributed by atoms with E-state index >= 15 is 0 Å². The fourth-order valence-electron chi connectivity index (χ4n) is 2.06. The Morgan fingerprint density at radius 1 is 1.35 bits per heavy atom. The molecule has 20 heavy (non-hydrogen) atoms. The summed E-state index contributed by atoms with van der Waals surface area (Å²) in [6.07, 6.45) is 1.68. The highest BCUT2D eigenvalue weighted by atomic mass is 35.5. The number of rotatable bonds is 2. The van der Waals surface area contributed by atoms with Crippen molar-refractivity contribution in [2.45, 2.75) is 13.5 Å². The molecule has 2 heterocycles. The van der Waals surface area contributed by atoms with E-state index in [1.54, 1.807) is 16.8 Å². The van der Waals surface area contributed by atoms with Gasteiger partial charge in [0.15, 0.2) is 0 Å². The number of anilines is 1. The highest BCUT2D eigenvalue weighted by Crippen LogP contribution is 2.25. The monoisotopic (exact) mass is 291 g/mol. The van der Waals surface area contributed by atoms with Gasteiger partial charge in [-0.15, -0.1) is 0 Å². The number of hydrogen-bond donors (Lipinski definition) is 1. The van der Waals surface area contributed by atoms with Crippen molar-refractivity contribution in [2.24, 2.45) is 0 Å². The van der Waals surface area contributed by atoms with Gasteiger partial charge in [0, 0.05) is 12.3 Å². The fourth-order valence-corrected chi connectivity index (χ4v) is 2.22. The molecule has 3 rings (SSSR count). The number of imidazole rings is 1. The maximum absolute atomic E-state index is 13.4. The van der Waals surface area contributed by atoms with E-state index < -0.39 is 5.82 Å². The number of nitrogen functional groups attached to an aromatic ring is 1. The first-order valence-corrected chi connectivity index (χ1v) is 6.31. The SMILES string of the molecule is Cc1nccc(Cn2c(N)nc3cc(F)c(Cl)cc32)n1. The second-order valence-electron chi connectivity index (χ2n) is 4.41. The number of nitrogens with two attached hydrogens (primary N) is 1. The van der Waals surface area contributed by atoms with Gasteiger partial charge >= 0.3 is 0 Å². The van der Waals surface area contributed by atoms with Crippen molar-refractivity contribution in [2.75, 3.05) is 5.73 Å². The Kier molecular flexibility index (Phi) is 3.02. The number of aromatic nitrogens is 4. The van der Waals surface area contributed by atoms with Gasteiger partial charge in [-0.25, -0.2) is 19.3 Å². The van der Waals surface area contributed by atoms with Crippen molar-refractivity contribution in [3.05, 3.63) is 46.8 Å². The standard InChI is InChI=1S/C13H11ClFN5/c1-7-17-3-2-8(18-7)6-20-12-4-9(14)10(15)5-11(12)19-13(20)16/h2-5H,6H2,1H3,(H2,16,19). The average molecular weight is 292 g/mol. The molecule has 7 heteroatoms. The molecule has 0 saturated carbocycles. The average Bonchev–Trinajstić information content (AvgIpc) is 2.67. The molecule has 1 aromatic carbocycles. The maximum atomic E-state index is 13.4. The molecule has 0 amide bonds. The van der Waals surface area contributed by atoms with Crippen LogP contribution in [-0.2, 0) is 6.54 Å². The van der Waals surface area contributed by atoms with Crippen molar-refractivity contribution in [3.63, 3.8) is 0 Å². The lowest BCUT2D eigenvalue weighted by atomic mass is 10.3. The first kappa shape index (κ1) is 12.8. The Bertz CT molecular complexity index is 799. The first-order chi connectivity index (χ1) is 9.54. The van der Waals surface area contributed by atoms with Gasteiger partial charge < -0.3 is 10.3 Å². The van der Waals surface area contributed by atoms with Crippen LogP contribution >= 0.6 is 11.6 Å². The lowest BCUT2D eigenvalue weighted by Gasteiger charge is -2.06. The molecule has 0 spiro atoms. The van der Waals surface area contributed by atoms with Crippen molar-refractivity contribution in [1.29, 1.82) is 0 Å². The summed E-state index contributed by atoms with van der Waals surface area (Å²) < 4.78 is 15.2. The summed E-state index contributed by atoms with van der Waals surface area (Å²) in [5.74, 6) is 0.453. The zero-order valence-corrected chi connectivity index (χ0v) is 11.4. The van der Waals surface area contributed by atoms with E-state index in [0.29, 0.717) is 23.4 Å². The van der Waals surface area contributed by atoms with Crippen LogP contribution in [-0.4, -0.2) is 19.5 Å². The van der Waals surface area contributed by atoms with Crippen LogP contribution in [0.4, 0.5) is 10.3 Å². The minimum Gasteiger partial charge on any atom is -0.369 e. The van der Waals surface area contributed by atoms with Crippen molar-refractivity contribution in [3.8, 4) is 0 Å². The second-order valence-corrected chi connectivity index (χ2v) is 4.81. The largest absolute Gasteiger partial charge is 0.369 e. The van der Waals surface area contributed by atoms with Gasteiger partial charge in [0.05, 0.1) is 28.3 Å². The fraction of sp³-hybridized carbons (Fsp3) is 0.154. The smallest absolute Gasteiger partial charge is 0.201 e.